The Morgan fingerprint density at radius 3 is 2.54 bits per heavy atom. The predicted octanol–water partition coefficient (Wildman–Crippen LogP) is 2.88. The van der Waals surface area contributed by atoms with Crippen molar-refractivity contribution in [3.05, 3.63) is 46.9 Å². The van der Waals surface area contributed by atoms with Gasteiger partial charge in [0.25, 0.3) is 5.91 Å². The number of aromatic amines is 1. The fourth-order valence-electron chi connectivity index (χ4n) is 5.73. The Bertz CT molecular complexity index is 1290. The molecule has 2 saturated carbocycles. The summed E-state index contributed by atoms with van der Waals surface area (Å²) in [6, 6.07) is 5.58. The number of carbonyl (C=O) groups excluding carboxylic acids is 2. The Kier molecular flexibility index (Phi) is 6.88. The third-order valence-corrected chi connectivity index (χ3v) is 8.09. The van der Waals surface area contributed by atoms with Gasteiger partial charge in [-0.3, -0.25) is 9.59 Å². The molecule has 2 fully saturated rings. The summed E-state index contributed by atoms with van der Waals surface area (Å²) in [6.07, 6.45) is 6.24. The molecule has 2 atom stereocenters. The molecule has 2 unspecified atom stereocenters. The van der Waals surface area contributed by atoms with Crippen molar-refractivity contribution >= 4 is 17.4 Å². The lowest BCUT2D eigenvalue weighted by Gasteiger charge is -2.32. The van der Waals surface area contributed by atoms with Crippen LogP contribution in [0.1, 0.15) is 75.2 Å². The molecule has 0 bridgehead atoms. The van der Waals surface area contributed by atoms with Gasteiger partial charge in [-0.05, 0) is 76.5 Å². The van der Waals surface area contributed by atoms with Crippen molar-refractivity contribution < 1.29 is 28.9 Å². The number of allylic oxidation sites excluding steroid dienone is 1. The highest BCUT2D eigenvalue weighted by atomic mass is 16.7. The lowest BCUT2D eigenvalue weighted by Crippen LogP contribution is -2.46. The second-order valence-electron chi connectivity index (χ2n) is 11.1. The van der Waals surface area contributed by atoms with Crippen molar-refractivity contribution in [2.24, 2.45) is 5.92 Å². The molecular weight excluding hydrogens is 500 g/mol. The number of aliphatic hydroxyl groups is 1. The van der Waals surface area contributed by atoms with E-state index in [1.165, 1.54) is 19.8 Å². The number of amides is 2. The summed E-state index contributed by atoms with van der Waals surface area (Å²) in [5.41, 5.74) is 3.94. The molecular formula is C29H36N4O6. The fraction of sp³-hybridized carbons (Fsp3) is 0.517. The monoisotopic (exact) mass is 536 g/mol. The molecule has 5 N–H and O–H groups in total. The van der Waals surface area contributed by atoms with Crippen LogP contribution in [0.5, 0.6) is 17.2 Å². The normalized spacial score (nSPS) is 24.4. The quantitative estimate of drug-likeness (QED) is 0.350. The number of aliphatic hydroxyl groups excluding tert-OH is 1. The SMILES string of the molecule is CC1=C(C(=O)NC2CCC(NC(=O)C(C)O)CC2)c2[nH]ccc2C(c2c(OCC3CC3)ccc3c2OCO3)N1. The molecule has 10 heteroatoms. The van der Waals surface area contributed by atoms with Gasteiger partial charge in [0.15, 0.2) is 11.5 Å². The zero-order valence-electron chi connectivity index (χ0n) is 22.3. The summed E-state index contributed by atoms with van der Waals surface area (Å²) in [7, 11) is 0. The van der Waals surface area contributed by atoms with Gasteiger partial charge in [-0.2, -0.15) is 0 Å². The standard InChI is InChI=1S/C29H36N4O6/c1-15-23(29(36)33-19-7-5-18(6-8-19)32-28(35)16(2)34)25-20(11-12-30-25)26(31-15)24-21(37-13-17-3-4-17)9-10-22-27(24)39-14-38-22/h9-12,16-19,26,30-31,34H,3-8,13-14H2,1-2H3,(H,32,35)(H,33,36). The fourth-order valence-corrected chi connectivity index (χ4v) is 5.73. The van der Waals surface area contributed by atoms with E-state index in [4.69, 9.17) is 14.2 Å². The number of nitrogens with one attached hydrogen (secondary N) is 4. The van der Waals surface area contributed by atoms with Crippen molar-refractivity contribution in [1.29, 1.82) is 0 Å². The summed E-state index contributed by atoms with van der Waals surface area (Å²) < 4.78 is 17.8. The van der Waals surface area contributed by atoms with Gasteiger partial charge in [0, 0.05) is 29.5 Å². The molecule has 2 amide bonds. The van der Waals surface area contributed by atoms with Crippen LogP contribution in [0.15, 0.2) is 30.1 Å². The Hall–Kier alpha value is -3.66. The number of benzene rings is 1. The third kappa shape index (κ3) is 5.17. The van der Waals surface area contributed by atoms with Gasteiger partial charge >= 0.3 is 0 Å². The van der Waals surface area contributed by atoms with Crippen LogP contribution >= 0.6 is 0 Å². The number of aromatic nitrogens is 1. The first-order valence-corrected chi connectivity index (χ1v) is 13.9. The van der Waals surface area contributed by atoms with Crippen molar-refractivity contribution in [3.8, 4) is 17.2 Å². The second-order valence-corrected chi connectivity index (χ2v) is 11.1. The zero-order valence-corrected chi connectivity index (χ0v) is 22.3. The minimum Gasteiger partial charge on any atom is -0.493 e. The van der Waals surface area contributed by atoms with Crippen LogP contribution in [0, 0.1) is 5.92 Å². The van der Waals surface area contributed by atoms with Crippen LogP contribution in [0.4, 0.5) is 0 Å². The van der Waals surface area contributed by atoms with Gasteiger partial charge in [0.1, 0.15) is 11.9 Å². The number of H-pyrrole nitrogens is 1. The van der Waals surface area contributed by atoms with Gasteiger partial charge < -0.3 is 40.3 Å². The lowest BCUT2D eigenvalue weighted by molar-refractivity contribution is -0.129. The molecule has 10 nitrogen and oxygen atoms in total. The molecule has 0 saturated heterocycles. The third-order valence-electron chi connectivity index (χ3n) is 8.09. The van der Waals surface area contributed by atoms with E-state index in [-0.39, 0.29) is 36.7 Å². The van der Waals surface area contributed by atoms with E-state index >= 15 is 0 Å². The van der Waals surface area contributed by atoms with Gasteiger partial charge in [-0.25, -0.2) is 0 Å². The number of carbonyl (C=O) groups is 2. The van der Waals surface area contributed by atoms with Gasteiger partial charge in [0.05, 0.1) is 29.5 Å². The van der Waals surface area contributed by atoms with Crippen molar-refractivity contribution in [2.45, 2.75) is 76.6 Å². The molecule has 6 rings (SSSR count). The molecule has 1 aromatic heterocycles. The number of ether oxygens (including phenoxy) is 3. The van der Waals surface area contributed by atoms with Crippen LogP contribution in [-0.4, -0.2) is 53.5 Å². The maximum Gasteiger partial charge on any atom is 0.255 e. The highest BCUT2D eigenvalue weighted by Crippen LogP contribution is 2.48. The smallest absolute Gasteiger partial charge is 0.255 e. The maximum absolute atomic E-state index is 13.6. The molecule has 39 heavy (non-hydrogen) atoms. The summed E-state index contributed by atoms with van der Waals surface area (Å²) >= 11 is 0. The van der Waals surface area contributed by atoms with Crippen LogP contribution < -0.4 is 30.2 Å². The highest BCUT2D eigenvalue weighted by Gasteiger charge is 2.37. The summed E-state index contributed by atoms with van der Waals surface area (Å²) in [5, 5.41) is 19.1. The van der Waals surface area contributed by atoms with Crippen molar-refractivity contribution in [3.63, 3.8) is 0 Å². The average Bonchev–Trinajstić information content (AvgIpc) is 3.40. The van der Waals surface area contributed by atoms with Crippen LogP contribution in [0.3, 0.4) is 0 Å². The van der Waals surface area contributed by atoms with Crippen molar-refractivity contribution in [1.82, 2.24) is 20.9 Å². The largest absolute Gasteiger partial charge is 0.493 e. The number of fused-ring (bicyclic) bond motifs is 2. The maximum atomic E-state index is 13.6. The zero-order chi connectivity index (χ0) is 27.1. The number of hydrogen-bond donors (Lipinski definition) is 5. The average molecular weight is 537 g/mol. The Morgan fingerprint density at radius 1 is 1.08 bits per heavy atom. The second kappa shape index (κ2) is 10.5. The van der Waals surface area contributed by atoms with Gasteiger partial charge in [-0.15, -0.1) is 0 Å². The van der Waals surface area contributed by atoms with E-state index < -0.39 is 6.10 Å². The molecule has 2 aliphatic carbocycles. The highest BCUT2D eigenvalue weighted by molar-refractivity contribution is 6.20. The van der Waals surface area contributed by atoms with Crippen LogP contribution in [0.25, 0.3) is 5.57 Å². The van der Waals surface area contributed by atoms with E-state index in [1.54, 1.807) is 0 Å². The minimum atomic E-state index is -1.02. The van der Waals surface area contributed by atoms with Gasteiger partial charge in [0.2, 0.25) is 12.7 Å². The van der Waals surface area contributed by atoms with Crippen molar-refractivity contribution in [2.75, 3.05) is 13.4 Å². The Morgan fingerprint density at radius 2 is 1.82 bits per heavy atom. The Labute approximate surface area is 227 Å². The lowest BCUT2D eigenvalue weighted by atomic mass is 9.88. The van der Waals surface area contributed by atoms with E-state index in [2.05, 4.69) is 20.9 Å². The van der Waals surface area contributed by atoms with E-state index in [1.807, 2.05) is 31.3 Å². The topological polar surface area (TPSA) is 134 Å². The predicted molar refractivity (Wildman–Crippen MR) is 143 cm³/mol. The number of rotatable bonds is 8. The first-order chi connectivity index (χ1) is 18.9. The van der Waals surface area contributed by atoms with Crippen LogP contribution in [-0.2, 0) is 9.59 Å². The van der Waals surface area contributed by atoms with E-state index in [0.717, 1.165) is 54.0 Å². The molecule has 0 spiro atoms. The molecule has 2 aliphatic heterocycles. The molecule has 208 valence electrons. The van der Waals surface area contributed by atoms with E-state index in [9.17, 15) is 14.7 Å². The molecule has 3 heterocycles. The summed E-state index contributed by atoms with van der Waals surface area (Å²) in [6.45, 7) is 4.21. The molecule has 4 aliphatic rings. The molecule has 2 aromatic rings. The summed E-state index contributed by atoms with van der Waals surface area (Å²) in [4.78, 5) is 28.7. The first-order valence-electron chi connectivity index (χ1n) is 13.9. The first kappa shape index (κ1) is 25.6. The van der Waals surface area contributed by atoms with E-state index in [0.29, 0.717) is 29.6 Å². The Balaban J connectivity index is 1.20. The minimum absolute atomic E-state index is 0.0130. The molecule has 1 aromatic carbocycles. The summed E-state index contributed by atoms with van der Waals surface area (Å²) in [5.74, 6) is 2.23. The number of hydrogen-bond acceptors (Lipinski definition) is 7. The molecule has 0 radical (unpaired) electrons. The van der Waals surface area contributed by atoms with Crippen LogP contribution in [0.2, 0.25) is 0 Å². The van der Waals surface area contributed by atoms with Gasteiger partial charge in [-0.1, -0.05) is 0 Å².